The van der Waals surface area contributed by atoms with Gasteiger partial charge in [-0.1, -0.05) is 11.6 Å². The SMILES string of the molecule is CCn1nc(C(=O)Nc2ccc(Cl)cc2)cc1-c1ccc(OC)cc1. The second kappa shape index (κ2) is 7.40. The average Bonchev–Trinajstić information content (AvgIpc) is 3.08. The lowest BCUT2D eigenvalue weighted by atomic mass is 10.1. The van der Waals surface area contributed by atoms with E-state index in [0.29, 0.717) is 22.9 Å². The fourth-order valence-corrected chi connectivity index (χ4v) is 2.62. The Morgan fingerprint density at radius 1 is 1.16 bits per heavy atom. The third-order valence-corrected chi connectivity index (χ3v) is 4.05. The highest BCUT2D eigenvalue weighted by Crippen LogP contribution is 2.24. The third kappa shape index (κ3) is 3.83. The van der Waals surface area contributed by atoms with Gasteiger partial charge in [-0.15, -0.1) is 0 Å². The van der Waals surface area contributed by atoms with Crippen LogP contribution < -0.4 is 10.1 Å². The Hall–Kier alpha value is -2.79. The van der Waals surface area contributed by atoms with E-state index >= 15 is 0 Å². The molecule has 3 aromatic rings. The van der Waals surface area contributed by atoms with E-state index in [-0.39, 0.29) is 5.91 Å². The summed E-state index contributed by atoms with van der Waals surface area (Å²) in [6.45, 7) is 2.65. The van der Waals surface area contributed by atoms with E-state index in [1.54, 1.807) is 42.1 Å². The predicted molar refractivity (Wildman–Crippen MR) is 99.3 cm³/mol. The minimum absolute atomic E-state index is 0.260. The first-order valence-electron chi connectivity index (χ1n) is 7.90. The Labute approximate surface area is 151 Å². The van der Waals surface area contributed by atoms with E-state index in [9.17, 15) is 4.79 Å². The Balaban J connectivity index is 1.86. The number of rotatable bonds is 5. The van der Waals surface area contributed by atoms with Gasteiger partial charge in [0.25, 0.3) is 5.91 Å². The zero-order chi connectivity index (χ0) is 17.8. The zero-order valence-corrected chi connectivity index (χ0v) is 14.7. The van der Waals surface area contributed by atoms with Crippen molar-refractivity contribution in [3.63, 3.8) is 0 Å². The molecule has 0 spiro atoms. The van der Waals surface area contributed by atoms with Crippen LogP contribution in [0.25, 0.3) is 11.3 Å². The van der Waals surface area contributed by atoms with Crippen molar-refractivity contribution < 1.29 is 9.53 Å². The van der Waals surface area contributed by atoms with E-state index in [4.69, 9.17) is 16.3 Å². The molecule has 1 aromatic heterocycles. The zero-order valence-electron chi connectivity index (χ0n) is 14.0. The molecule has 1 amide bonds. The number of methoxy groups -OCH3 is 1. The molecule has 0 aliphatic rings. The van der Waals surface area contributed by atoms with Crippen molar-refractivity contribution in [3.05, 3.63) is 65.3 Å². The largest absolute Gasteiger partial charge is 0.497 e. The molecular formula is C19H18ClN3O2. The van der Waals surface area contributed by atoms with Gasteiger partial charge in [-0.05, 0) is 61.5 Å². The van der Waals surface area contributed by atoms with Gasteiger partial charge < -0.3 is 10.1 Å². The molecule has 1 N–H and O–H groups in total. The summed E-state index contributed by atoms with van der Waals surface area (Å²) >= 11 is 5.86. The van der Waals surface area contributed by atoms with Crippen LogP contribution in [0.5, 0.6) is 5.75 Å². The number of nitrogens with zero attached hydrogens (tertiary/aromatic N) is 2. The highest BCUT2D eigenvalue weighted by atomic mass is 35.5. The summed E-state index contributed by atoms with van der Waals surface area (Å²) in [7, 11) is 1.63. The maximum atomic E-state index is 12.5. The monoisotopic (exact) mass is 355 g/mol. The summed E-state index contributed by atoms with van der Waals surface area (Å²) in [6.07, 6.45) is 0. The minimum atomic E-state index is -0.260. The summed E-state index contributed by atoms with van der Waals surface area (Å²) < 4.78 is 6.99. The molecule has 0 saturated carbocycles. The molecule has 0 aliphatic carbocycles. The number of aryl methyl sites for hydroxylation is 1. The van der Waals surface area contributed by atoms with Crippen molar-refractivity contribution in [2.75, 3.05) is 12.4 Å². The number of benzene rings is 2. The van der Waals surface area contributed by atoms with E-state index in [0.717, 1.165) is 17.0 Å². The molecule has 5 nitrogen and oxygen atoms in total. The number of carbonyl (C=O) groups is 1. The highest BCUT2D eigenvalue weighted by Gasteiger charge is 2.15. The Bertz CT molecular complexity index is 871. The molecule has 1 heterocycles. The maximum absolute atomic E-state index is 12.5. The second-order valence-corrected chi connectivity index (χ2v) is 5.86. The number of hydrogen-bond donors (Lipinski definition) is 1. The summed E-state index contributed by atoms with van der Waals surface area (Å²) in [6, 6.07) is 16.4. The van der Waals surface area contributed by atoms with Gasteiger partial charge in [0, 0.05) is 22.8 Å². The van der Waals surface area contributed by atoms with Gasteiger partial charge in [0.2, 0.25) is 0 Å². The fourth-order valence-electron chi connectivity index (χ4n) is 2.49. The lowest BCUT2D eigenvalue weighted by molar-refractivity contribution is 0.102. The first kappa shape index (κ1) is 17.0. The summed E-state index contributed by atoms with van der Waals surface area (Å²) in [5, 5.41) is 7.86. The summed E-state index contributed by atoms with van der Waals surface area (Å²) in [4.78, 5) is 12.5. The Morgan fingerprint density at radius 3 is 2.44 bits per heavy atom. The minimum Gasteiger partial charge on any atom is -0.497 e. The van der Waals surface area contributed by atoms with E-state index in [2.05, 4.69) is 10.4 Å². The molecule has 3 rings (SSSR count). The normalized spacial score (nSPS) is 10.5. The number of ether oxygens (including phenoxy) is 1. The molecule has 0 unspecified atom stereocenters. The quantitative estimate of drug-likeness (QED) is 0.733. The van der Waals surface area contributed by atoms with Crippen LogP contribution in [0.15, 0.2) is 54.6 Å². The highest BCUT2D eigenvalue weighted by molar-refractivity contribution is 6.30. The number of amides is 1. The molecule has 0 saturated heterocycles. The average molecular weight is 356 g/mol. The molecule has 0 bridgehead atoms. The summed E-state index contributed by atoms with van der Waals surface area (Å²) in [5.74, 6) is 0.524. The van der Waals surface area contributed by atoms with Crippen LogP contribution in [-0.4, -0.2) is 22.8 Å². The molecule has 0 aliphatic heterocycles. The number of hydrogen-bond acceptors (Lipinski definition) is 3. The van der Waals surface area contributed by atoms with E-state index < -0.39 is 0 Å². The number of halogens is 1. The topological polar surface area (TPSA) is 56.2 Å². The van der Waals surface area contributed by atoms with Gasteiger partial charge in [0.05, 0.1) is 12.8 Å². The standard InChI is InChI=1S/C19H18ClN3O2/c1-3-23-18(13-4-10-16(25-2)11-5-13)12-17(22-23)19(24)21-15-8-6-14(20)7-9-15/h4-12H,3H2,1-2H3,(H,21,24). The Kier molecular flexibility index (Phi) is 5.05. The molecule has 0 atom stereocenters. The number of aromatic nitrogens is 2. The maximum Gasteiger partial charge on any atom is 0.276 e. The summed E-state index contributed by atoms with van der Waals surface area (Å²) in [5.41, 5.74) is 2.89. The van der Waals surface area contributed by atoms with Crippen molar-refractivity contribution in [3.8, 4) is 17.0 Å². The van der Waals surface area contributed by atoms with Crippen molar-refractivity contribution in [2.45, 2.75) is 13.5 Å². The molecule has 0 radical (unpaired) electrons. The van der Waals surface area contributed by atoms with Gasteiger partial charge >= 0.3 is 0 Å². The van der Waals surface area contributed by atoms with Crippen LogP contribution in [0.1, 0.15) is 17.4 Å². The van der Waals surface area contributed by atoms with Crippen molar-refractivity contribution in [1.29, 1.82) is 0 Å². The lowest BCUT2D eigenvalue weighted by Crippen LogP contribution is -2.13. The molecular weight excluding hydrogens is 338 g/mol. The van der Waals surface area contributed by atoms with Crippen LogP contribution in [0.4, 0.5) is 5.69 Å². The second-order valence-electron chi connectivity index (χ2n) is 5.42. The van der Waals surface area contributed by atoms with Crippen molar-refractivity contribution >= 4 is 23.2 Å². The van der Waals surface area contributed by atoms with Gasteiger partial charge in [-0.25, -0.2) is 0 Å². The molecule has 6 heteroatoms. The number of nitrogens with one attached hydrogen (secondary N) is 1. The third-order valence-electron chi connectivity index (χ3n) is 3.80. The number of anilines is 1. The smallest absolute Gasteiger partial charge is 0.276 e. The number of carbonyl (C=O) groups excluding carboxylic acids is 1. The lowest BCUT2D eigenvalue weighted by Gasteiger charge is -2.05. The van der Waals surface area contributed by atoms with E-state index in [1.807, 2.05) is 31.2 Å². The first-order valence-corrected chi connectivity index (χ1v) is 8.27. The molecule has 0 fully saturated rings. The first-order chi connectivity index (χ1) is 12.1. The van der Waals surface area contributed by atoms with Gasteiger partial charge in [-0.2, -0.15) is 5.10 Å². The molecule has 2 aromatic carbocycles. The van der Waals surface area contributed by atoms with Gasteiger partial charge in [-0.3, -0.25) is 9.48 Å². The van der Waals surface area contributed by atoms with Crippen molar-refractivity contribution in [1.82, 2.24) is 9.78 Å². The van der Waals surface area contributed by atoms with E-state index in [1.165, 1.54) is 0 Å². The van der Waals surface area contributed by atoms with Gasteiger partial charge in [0.1, 0.15) is 5.75 Å². The predicted octanol–water partition coefficient (Wildman–Crippen LogP) is 4.48. The van der Waals surface area contributed by atoms with Crippen LogP contribution in [-0.2, 0) is 6.54 Å². The van der Waals surface area contributed by atoms with Crippen LogP contribution in [0.2, 0.25) is 5.02 Å². The van der Waals surface area contributed by atoms with Gasteiger partial charge in [0.15, 0.2) is 5.69 Å². The van der Waals surface area contributed by atoms with Crippen LogP contribution in [0, 0.1) is 0 Å². The molecule has 128 valence electrons. The molecule has 25 heavy (non-hydrogen) atoms. The van der Waals surface area contributed by atoms with Crippen LogP contribution in [0.3, 0.4) is 0 Å². The van der Waals surface area contributed by atoms with Crippen LogP contribution >= 0.6 is 11.6 Å². The fraction of sp³-hybridized carbons (Fsp3) is 0.158. The Morgan fingerprint density at radius 2 is 1.84 bits per heavy atom. The van der Waals surface area contributed by atoms with Crippen molar-refractivity contribution in [2.24, 2.45) is 0 Å².